The van der Waals surface area contributed by atoms with Gasteiger partial charge in [-0.2, -0.15) is 0 Å². The number of nitrogens with zero attached hydrogens (tertiary/aromatic N) is 1. The predicted octanol–water partition coefficient (Wildman–Crippen LogP) is 2.82. The summed E-state index contributed by atoms with van der Waals surface area (Å²) in [7, 11) is 0. The second-order valence-corrected chi connectivity index (χ2v) is 4.95. The van der Waals surface area contributed by atoms with Crippen LogP contribution in [0.3, 0.4) is 0 Å². The summed E-state index contributed by atoms with van der Waals surface area (Å²) in [5.41, 5.74) is 0.605. The minimum Gasteiger partial charge on any atom is -0.481 e. The Hall–Kier alpha value is -2.47. The van der Waals surface area contributed by atoms with E-state index in [0.717, 1.165) is 6.07 Å². The molecule has 0 fully saturated rings. The fraction of sp³-hybridized carbons (Fsp3) is 0.133. The van der Waals surface area contributed by atoms with Crippen LogP contribution in [-0.4, -0.2) is 22.0 Å². The summed E-state index contributed by atoms with van der Waals surface area (Å²) in [6.07, 6.45) is 2.49. The molecule has 0 saturated heterocycles. The van der Waals surface area contributed by atoms with Gasteiger partial charge in [0.1, 0.15) is 5.82 Å². The number of carboxylic acid groups (broad SMARTS) is 1. The number of carbonyl (C=O) groups excluding carboxylic acids is 1. The third kappa shape index (κ3) is 4.02. The second kappa shape index (κ2) is 7.00. The van der Waals surface area contributed by atoms with Crippen molar-refractivity contribution in [2.24, 2.45) is 0 Å². The molecule has 7 heteroatoms. The Labute approximate surface area is 130 Å². The van der Waals surface area contributed by atoms with Crippen LogP contribution in [0.5, 0.6) is 0 Å². The Kier molecular flexibility index (Phi) is 5.06. The molecule has 0 aliphatic heterocycles. The molecule has 1 unspecified atom stereocenters. The number of rotatable bonds is 5. The molecule has 0 saturated carbocycles. The molecule has 1 aromatic heterocycles. The molecule has 0 spiro atoms. The fourth-order valence-electron chi connectivity index (χ4n) is 1.89. The van der Waals surface area contributed by atoms with Crippen LogP contribution in [0.4, 0.5) is 4.39 Å². The van der Waals surface area contributed by atoms with E-state index < -0.39 is 23.7 Å². The maximum Gasteiger partial charge on any atom is 0.305 e. The van der Waals surface area contributed by atoms with Crippen LogP contribution in [0.1, 0.15) is 28.4 Å². The van der Waals surface area contributed by atoms with Gasteiger partial charge in [0.25, 0.3) is 5.91 Å². The van der Waals surface area contributed by atoms with Crippen LogP contribution in [0, 0.1) is 5.82 Å². The second-order valence-electron chi connectivity index (χ2n) is 4.54. The highest BCUT2D eigenvalue weighted by Gasteiger charge is 2.20. The Balaban J connectivity index is 2.24. The molecule has 1 atom stereocenters. The largest absolute Gasteiger partial charge is 0.481 e. The van der Waals surface area contributed by atoms with Crippen LogP contribution in [-0.2, 0) is 4.79 Å². The van der Waals surface area contributed by atoms with Gasteiger partial charge in [0.15, 0.2) is 0 Å². The number of benzene rings is 1. The third-order valence-corrected chi connectivity index (χ3v) is 3.26. The quantitative estimate of drug-likeness (QED) is 0.887. The zero-order valence-corrected chi connectivity index (χ0v) is 12.0. The summed E-state index contributed by atoms with van der Waals surface area (Å²) >= 11 is 5.61. The maximum absolute atomic E-state index is 13.5. The van der Waals surface area contributed by atoms with Gasteiger partial charge in [-0.25, -0.2) is 4.39 Å². The molecule has 0 aliphatic rings. The number of halogens is 2. The van der Waals surface area contributed by atoms with E-state index >= 15 is 0 Å². The molecular formula is C15H12ClFN2O3. The lowest BCUT2D eigenvalue weighted by Gasteiger charge is -2.17. The number of carbonyl (C=O) groups is 2. The van der Waals surface area contributed by atoms with Crippen molar-refractivity contribution in [2.45, 2.75) is 12.5 Å². The summed E-state index contributed by atoms with van der Waals surface area (Å²) in [4.78, 5) is 26.9. The van der Waals surface area contributed by atoms with E-state index in [1.807, 2.05) is 0 Å². The monoisotopic (exact) mass is 322 g/mol. The van der Waals surface area contributed by atoms with E-state index in [1.165, 1.54) is 24.5 Å². The standard InChI is InChI=1S/C15H12ClFN2O3/c16-11-4-3-9(6-12(11)17)13(7-14(20)21)19-15(22)10-2-1-5-18-8-10/h1-6,8,13H,7H2,(H,19,22)(H,20,21). The number of aliphatic carboxylic acids is 1. The molecule has 114 valence electrons. The lowest BCUT2D eigenvalue weighted by atomic mass is 10.0. The van der Waals surface area contributed by atoms with E-state index in [0.29, 0.717) is 5.56 Å². The molecule has 0 aliphatic carbocycles. The van der Waals surface area contributed by atoms with Crippen molar-refractivity contribution >= 4 is 23.5 Å². The number of aromatic nitrogens is 1. The smallest absolute Gasteiger partial charge is 0.305 e. The van der Waals surface area contributed by atoms with Gasteiger partial charge in [0.05, 0.1) is 23.0 Å². The molecule has 2 N–H and O–H groups in total. The Morgan fingerprint density at radius 1 is 1.36 bits per heavy atom. The average molecular weight is 323 g/mol. The highest BCUT2D eigenvalue weighted by molar-refractivity contribution is 6.30. The number of amides is 1. The number of carboxylic acids is 1. The van der Waals surface area contributed by atoms with Crippen molar-refractivity contribution in [3.8, 4) is 0 Å². The van der Waals surface area contributed by atoms with E-state index in [2.05, 4.69) is 10.3 Å². The fourth-order valence-corrected chi connectivity index (χ4v) is 2.01. The number of nitrogens with one attached hydrogen (secondary N) is 1. The zero-order valence-electron chi connectivity index (χ0n) is 11.3. The minimum absolute atomic E-state index is 0.0728. The molecule has 22 heavy (non-hydrogen) atoms. The van der Waals surface area contributed by atoms with E-state index in [-0.39, 0.29) is 17.0 Å². The van der Waals surface area contributed by atoms with E-state index in [4.69, 9.17) is 16.7 Å². The summed E-state index contributed by atoms with van der Waals surface area (Å²) < 4.78 is 13.5. The molecule has 5 nitrogen and oxygen atoms in total. The number of hydrogen-bond donors (Lipinski definition) is 2. The van der Waals surface area contributed by atoms with Gasteiger partial charge in [-0.15, -0.1) is 0 Å². The topological polar surface area (TPSA) is 79.3 Å². The zero-order chi connectivity index (χ0) is 16.1. The average Bonchev–Trinajstić information content (AvgIpc) is 2.49. The first-order valence-corrected chi connectivity index (χ1v) is 6.73. The van der Waals surface area contributed by atoms with Gasteiger partial charge in [-0.3, -0.25) is 14.6 Å². The summed E-state index contributed by atoms with van der Waals surface area (Å²) in [5.74, 6) is -2.29. The predicted molar refractivity (Wildman–Crippen MR) is 78.1 cm³/mol. The van der Waals surface area contributed by atoms with E-state index in [9.17, 15) is 14.0 Å². The van der Waals surface area contributed by atoms with Crippen LogP contribution < -0.4 is 5.32 Å². The van der Waals surface area contributed by atoms with Crippen molar-refractivity contribution < 1.29 is 19.1 Å². The van der Waals surface area contributed by atoms with Crippen molar-refractivity contribution in [3.05, 3.63) is 64.7 Å². The lowest BCUT2D eigenvalue weighted by molar-refractivity contribution is -0.137. The molecular weight excluding hydrogens is 311 g/mol. The summed E-state index contributed by atoms with van der Waals surface area (Å²) in [6.45, 7) is 0. The van der Waals surface area contributed by atoms with Crippen LogP contribution in [0.2, 0.25) is 5.02 Å². The Bertz CT molecular complexity index is 694. The molecule has 2 rings (SSSR count). The first-order chi connectivity index (χ1) is 10.5. The van der Waals surface area contributed by atoms with Crippen LogP contribution >= 0.6 is 11.6 Å². The van der Waals surface area contributed by atoms with Gasteiger partial charge < -0.3 is 10.4 Å². The van der Waals surface area contributed by atoms with Crippen molar-refractivity contribution in [1.82, 2.24) is 10.3 Å². The molecule has 1 aromatic carbocycles. The number of hydrogen-bond acceptors (Lipinski definition) is 3. The van der Waals surface area contributed by atoms with Gasteiger partial charge in [-0.1, -0.05) is 17.7 Å². The van der Waals surface area contributed by atoms with Gasteiger partial charge >= 0.3 is 5.97 Å². The molecule has 1 heterocycles. The summed E-state index contributed by atoms with van der Waals surface area (Å²) in [6, 6.07) is 6.15. The minimum atomic E-state index is -1.12. The Morgan fingerprint density at radius 2 is 2.14 bits per heavy atom. The maximum atomic E-state index is 13.5. The Morgan fingerprint density at radius 3 is 2.73 bits per heavy atom. The van der Waals surface area contributed by atoms with E-state index in [1.54, 1.807) is 12.1 Å². The van der Waals surface area contributed by atoms with Crippen molar-refractivity contribution in [1.29, 1.82) is 0 Å². The van der Waals surface area contributed by atoms with Gasteiger partial charge in [0, 0.05) is 12.4 Å². The van der Waals surface area contributed by atoms with Gasteiger partial charge in [-0.05, 0) is 29.8 Å². The SMILES string of the molecule is O=C(O)CC(NC(=O)c1cccnc1)c1ccc(Cl)c(F)c1. The first-order valence-electron chi connectivity index (χ1n) is 6.35. The normalized spacial score (nSPS) is 11.7. The molecule has 2 aromatic rings. The van der Waals surface area contributed by atoms with Crippen LogP contribution in [0.25, 0.3) is 0 Å². The highest BCUT2D eigenvalue weighted by Crippen LogP contribution is 2.23. The lowest BCUT2D eigenvalue weighted by Crippen LogP contribution is -2.30. The highest BCUT2D eigenvalue weighted by atomic mass is 35.5. The van der Waals surface area contributed by atoms with Crippen molar-refractivity contribution in [3.63, 3.8) is 0 Å². The third-order valence-electron chi connectivity index (χ3n) is 2.95. The summed E-state index contributed by atoms with van der Waals surface area (Å²) in [5, 5.41) is 11.5. The van der Waals surface area contributed by atoms with Crippen molar-refractivity contribution in [2.75, 3.05) is 0 Å². The molecule has 1 amide bonds. The number of pyridine rings is 1. The molecule has 0 radical (unpaired) electrons. The molecule has 0 bridgehead atoms. The van der Waals surface area contributed by atoms with Gasteiger partial charge in [0.2, 0.25) is 0 Å². The first kappa shape index (κ1) is 15.9. The van der Waals surface area contributed by atoms with Crippen LogP contribution in [0.15, 0.2) is 42.7 Å².